The molecule has 2 unspecified atom stereocenters. The first-order chi connectivity index (χ1) is 5.15. The van der Waals surface area contributed by atoms with Gasteiger partial charge in [0.25, 0.3) is 0 Å². The van der Waals surface area contributed by atoms with E-state index in [0.717, 1.165) is 0 Å². The average molecular weight is 159 g/mol. The monoisotopic (exact) mass is 159 g/mol. The third-order valence-electron chi connectivity index (χ3n) is 1.44. The number of nitrogens with two attached hydrogens (primary N) is 1. The van der Waals surface area contributed by atoms with Gasteiger partial charge in [-0.2, -0.15) is 0 Å². The van der Waals surface area contributed by atoms with E-state index in [9.17, 15) is 4.79 Å². The number of aliphatic imine (C=N–C) groups is 1. The molecule has 0 spiro atoms. The molecule has 2 atom stereocenters. The number of nitrogens with zero attached hydrogens (tertiary/aromatic N) is 1. The zero-order chi connectivity index (χ0) is 8.43. The molecule has 11 heavy (non-hydrogen) atoms. The molecule has 0 radical (unpaired) electrons. The van der Waals surface area contributed by atoms with E-state index >= 15 is 0 Å². The minimum atomic E-state index is -1.09. The highest BCUT2D eigenvalue weighted by Crippen LogP contribution is 2.04. The Hall–Kier alpha value is -1.30. The van der Waals surface area contributed by atoms with Crippen LogP contribution in [0.4, 0.5) is 0 Å². The first-order valence-electron chi connectivity index (χ1n) is 3.08. The molecule has 1 heterocycles. The summed E-state index contributed by atoms with van der Waals surface area (Å²) in [6.07, 6.45) is 0. The number of guanidine groups is 1. The Kier molecular flexibility index (Phi) is 1.95. The van der Waals surface area contributed by atoms with Crippen molar-refractivity contribution in [3.63, 3.8) is 0 Å². The van der Waals surface area contributed by atoms with Crippen molar-refractivity contribution in [2.45, 2.75) is 12.1 Å². The summed E-state index contributed by atoms with van der Waals surface area (Å²) in [6.45, 7) is -0.291. The Morgan fingerprint density at radius 2 is 2.45 bits per heavy atom. The van der Waals surface area contributed by atoms with Crippen LogP contribution in [0.5, 0.6) is 0 Å². The number of aliphatic carboxylic acids is 1. The van der Waals surface area contributed by atoms with Gasteiger partial charge in [0, 0.05) is 0 Å². The molecule has 5 N–H and O–H groups in total. The molecule has 0 fully saturated rings. The van der Waals surface area contributed by atoms with E-state index in [2.05, 4.69) is 10.3 Å². The van der Waals surface area contributed by atoms with Gasteiger partial charge in [0.05, 0.1) is 12.6 Å². The van der Waals surface area contributed by atoms with Gasteiger partial charge in [0.1, 0.15) is 0 Å². The summed E-state index contributed by atoms with van der Waals surface area (Å²) >= 11 is 0. The Balaban J connectivity index is 2.68. The lowest BCUT2D eigenvalue weighted by Gasteiger charge is -2.10. The van der Waals surface area contributed by atoms with Crippen molar-refractivity contribution in [2.24, 2.45) is 10.7 Å². The molecular weight excluding hydrogens is 150 g/mol. The van der Waals surface area contributed by atoms with Crippen molar-refractivity contribution in [2.75, 3.05) is 6.61 Å². The third kappa shape index (κ3) is 1.40. The fourth-order valence-corrected chi connectivity index (χ4v) is 0.919. The highest BCUT2D eigenvalue weighted by atomic mass is 16.4. The summed E-state index contributed by atoms with van der Waals surface area (Å²) in [4.78, 5) is 14.0. The van der Waals surface area contributed by atoms with E-state index in [0.29, 0.717) is 0 Å². The van der Waals surface area contributed by atoms with Gasteiger partial charge in [-0.1, -0.05) is 0 Å². The maximum absolute atomic E-state index is 10.4. The molecule has 0 bridgehead atoms. The lowest BCUT2D eigenvalue weighted by Crippen LogP contribution is -2.43. The van der Waals surface area contributed by atoms with E-state index in [-0.39, 0.29) is 12.6 Å². The Morgan fingerprint density at radius 3 is 2.82 bits per heavy atom. The maximum atomic E-state index is 10.4. The molecule has 6 nitrogen and oxygen atoms in total. The second-order valence-electron chi connectivity index (χ2n) is 2.23. The minimum Gasteiger partial charge on any atom is -0.480 e. The normalized spacial score (nSPS) is 29.4. The number of hydrogen-bond donors (Lipinski definition) is 4. The topological polar surface area (TPSA) is 108 Å². The first kappa shape index (κ1) is 7.80. The van der Waals surface area contributed by atoms with E-state index in [1.165, 1.54) is 0 Å². The molecule has 0 aromatic carbocycles. The Morgan fingerprint density at radius 1 is 1.82 bits per heavy atom. The standard InChI is InChI=1S/C5H9N3O3/c6-5-7-2(1-9)3(8-5)4(10)11/h2-3,9H,1H2,(H,10,11)(H3,6,7,8). The predicted octanol–water partition coefficient (Wildman–Crippen LogP) is -2.28. The van der Waals surface area contributed by atoms with Crippen molar-refractivity contribution < 1.29 is 15.0 Å². The molecule has 0 aromatic rings. The zero-order valence-corrected chi connectivity index (χ0v) is 5.69. The summed E-state index contributed by atoms with van der Waals surface area (Å²) in [5, 5.41) is 19.7. The molecule has 1 rings (SSSR count). The fourth-order valence-electron chi connectivity index (χ4n) is 0.919. The molecule has 6 heteroatoms. The summed E-state index contributed by atoms with van der Waals surface area (Å²) in [6, 6.07) is -1.55. The van der Waals surface area contributed by atoms with E-state index in [4.69, 9.17) is 15.9 Å². The fraction of sp³-hybridized carbons (Fsp3) is 0.600. The van der Waals surface area contributed by atoms with Crippen LogP contribution in [0.2, 0.25) is 0 Å². The van der Waals surface area contributed by atoms with E-state index in [1.807, 2.05) is 0 Å². The van der Waals surface area contributed by atoms with Gasteiger partial charge in [0.2, 0.25) is 0 Å². The van der Waals surface area contributed by atoms with Crippen LogP contribution in [0.1, 0.15) is 0 Å². The van der Waals surface area contributed by atoms with Gasteiger partial charge in [-0.05, 0) is 0 Å². The molecule has 1 aliphatic rings. The molecule has 0 aromatic heterocycles. The molecule has 0 amide bonds. The second-order valence-corrected chi connectivity index (χ2v) is 2.23. The number of carboxylic acid groups (broad SMARTS) is 1. The van der Waals surface area contributed by atoms with Gasteiger partial charge in [0.15, 0.2) is 12.0 Å². The van der Waals surface area contributed by atoms with Crippen LogP contribution in [0.15, 0.2) is 4.99 Å². The molecular formula is C5H9N3O3. The molecule has 62 valence electrons. The van der Waals surface area contributed by atoms with Crippen molar-refractivity contribution >= 4 is 11.9 Å². The average Bonchev–Trinajstić information content (AvgIpc) is 2.30. The van der Waals surface area contributed by atoms with Crippen LogP contribution in [-0.2, 0) is 4.79 Å². The van der Waals surface area contributed by atoms with Gasteiger partial charge in [-0.15, -0.1) is 0 Å². The number of aliphatic hydroxyl groups excluding tert-OH is 1. The lowest BCUT2D eigenvalue weighted by atomic mass is 10.1. The minimum absolute atomic E-state index is 0.0662. The van der Waals surface area contributed by atoms with E-state index in [1.54, 1.807) is 0 Å². The number of carbonyl (C=O) groups is 1. The van der Waals surface area contributed by atoms with Gasteiger partial charge in [-0.25, -0.2) is 9.79 Å². The van der Waals surface area contributed by atoms with Crippen LogP contribution in [0.25, 0.3) is 0 Å². The predicted molar refractivity (Wildman–Crippen MR) is 37.1 cm³/mol. The number of aliphatic hydroxyl groups is 1. The van der Waals surface area contributed by atoms with Crippen molar-refractivity contribution in [3.05, 3.63) is 0 Å². The van der Waals surface area contributed by atoms with Crippen LogP contribution < -0.4 is 11.1 Å². The number of hydrogen-bond acceptors (Lipinski definition) is 5. The number of carboxylic acids is 1. The quantitative estimate of drug-likeness (QED) is 0.363. The number of nitrogens with one attached hydrogen (secondary N) is 1. The largest absolute Gasteiger partial charge is 0.480 e. The molecule has 0 saturated heterocycles. The highest BCUT2D eigenvalue weighted by molar-refractivity contribution is 5.87. The molecule has 1 aliphatic heterocycles. The van der Waals surface area contributed by atoms with Crippen molar-refractivity contribution in [1.82, 2.24) is 5.32 Å². The van der Waals surface area contributed by atoms with Crippen molar-refractivity contribution in [1.29, 1.82) is 0 Å². The molecule has 0 aliphatic carbocycles. The van der Waals surface area contributed by atoms with E-state index < -0.39 is 18.1 Å². The first-order valence-corrected chi connectivity index (χ1v) is 3.08. The van der Waals surface area contributed by atoms with Gasteiger partial charge >= 0.3 is 5.97 Å². The third-order valence-corrected chi connectivity index (χ3v) is 1.44. The summed E-state index contributed by atoms with van der Waals surface area (Å²) in [7, 11) is 0. The SMILES string of the molecule is NC1=NC(C(=O)O)C(CO)N1. The summed E-state index contributed by atoms with van der Waals surface area (Å²) < 4.78 is 0. The van der Waals surface area contributed by atoms with Crippen LogP contribution in [-0.4, -0.2) is 40.8 Å². The Bertz CT molecular complexity index is 203. The summed E-state index contributed by atoms with van der Waals surface area (Å²) in [5.74, 6) is -1.02. The smallest absolute Gasteiger partial charge is 0.330 e. The van der Waals surface area contributed by atoms with Crippen LogP contribution in [0.3, 0.4) is 0 Å². The maximum Gasteiger partial charge on any atom is 0.330 e. The van der Waals surface area contributed by atoms with Crippen LogP contribution in [0, 0.1) is 0 Å². The lowest BCUT2D eigenvalue weighted by molar-refractivity contribution is -0.139. The van der Waals surface area contributed by atoms with Crippen molar-refractivity contribution in [3.8, 4) is 0 Å². The summed E-state index contributed by atoms with van der Waals surface area (Å²) in [5.41, 5.74) is 5.19. The molecule has 0 saturated carbocycles. The van der Waals surface area contributed by atoms with Gasteiger partial charge < -0.3 is 21.3 Å². The number of rotatable bonds is 2. The van der Waals surface area contributed by atoms with Crippen LogP contribution >= 0.6 is 0 Å². The zero-order valence-electron chi connectivity index (χ0n) is 5.69. The second kappa shape index (κ2) is 2.75. The highest BCUT2D eigenvalue weighted by Gasteiger charge is 2.32. The Labute approximate surface area is 62.7 Å². The van der Waals surface area contributed by atoms with Gasteiger partial charge in [-0.3, -0.25) is 0 Å².